The molecule has 3 N–H and O–H groups in total. The van der Waals surface area contributed by atoms with Gasteiger partial charge in [-0.05, 0) is 37.6 Å². The lowest BCUT2D eigenvalue weighted by Crippen LogP contribution is -2.46. The van der Waals surface area contributed by atoms with Crippen LogP contribution < -0.4 is 20.9 Å². The van der Waals surface area contributed by atoms with Crippen LogP contribution in [0.25, 0.3) is 0 Å². The lowest BCUT2D eigenvalue weighted by molar-refractivity contribution is -0.118. The van der Waals surface area contributed by atoms with E-state index in [0.29, 0.717) is 11.4 Å². The van der Waals surface area contributed by atoms with Crippen molar-refractivity contribution in [3.8, 4) is 0 Å². The molecule has 26 heavy (non-hydrogen) atoms. The maximum atomic E-state index is 12.2. The van der Waals surface area contributed by atoms with Crippen molar-refractivity contribution < 1.29 is 14.4 Å². The summed E-state index contributed by atoms with van der Waals surface area (Å²) in [5.41, 5.74) is 4.04. The van der Waals surface area contributed by atoms with Gasteiger partial charge in [-0.3, -0.25) is 14.9 Å². The van der Waals surface area contributed by atoms with Crippen molar-refractivity contribution in [2.24, 2.45) is 0 Å². The van der Waals surface area contributed by atoms with Crippen molar-refractivity contribution >= 4 is 34.9 Å². The smallest absolute Gasteiger partial charge is 0.325 e. The molecule has 134 valence electrons. The van der Waals surface area contributed by atoms with Crippen LogP contribution in [0.2, 0.25) is 0 Å². The Balaban J connectivity index is 1.62. The largest absolute Gasteiger partial charge is 0.351 e. The van der Waals surface area contributed by atoms with Gasteiger partial charge in [0.25, 0.3) is 0 Å². The summed E-state index contributed by atoms with van der Waals surface area (Å²) in [6.45, 7) is 3.81. The fraction of sp³-hybridized carbons (Fsp3) is 0.211. The average molecular weight is 352 g/mol. The molecule has 1 heterocycles. The highest BCUT2D eigenvalue weighted by atomic mass is 16.2. The van der Waals surface area contributed by atoms with E-state index in [0.717, 1.165) is 16.8 Å². The monoisotopic (exact) mass is 352 g/mol. The van der Waals surface area contributed by atoms with E-state index in [2.05, 4.69) is 16.0 Å². The Morgan fingerprint density at radius 3 is 2.69 bits per heavy atom. The molecule has 0 aromatic heterocycles. The van der Waals surface area contributed by atoms with Crippen LogP contribution in [0.4, 0.5) is 21.9 Å². The summed E-state index contributed by atoms with van der Waals surface area (Å²) in [5.74, 6) is -0.687. The number of carbonyl (C=O) groups excluding carboxylic acids is 3. The molecule has 2 aromatic rings. The molecule has 1 aliphatic rings. The highest BCUT2D eigenvalue weighted by Gasteiger charge is 2.23. The maximum absolute atomic E-state index is 12.2. The quantitative estimate of drug-likeness (QED) is 0.791. The molecule has 4 amide bonds. The second kappa shape index (κ2) is 7.26. The van der Waals surface area contributed by atoms with Gasteiger partial charge in [-0.2, -0.15) is 0 Å². The first-order chi connectivity index (χ1) is 12.4. The van der Waals surface area contributed by atoms with Crippen LogP contribution in [0.1, 0.15) is 11.1 Å². The summed E-state index contributed by atoms with van der Waals surface area (Å²) in [6, 6.07) is 12.2. The standard InChI is InChI=1S/C19H20N4O3/c1-12-7-8-14(13(2)9-12)21-19(26)22-18(25)11-23-10-17(24)20-15-5-3-4-6-16(15)23/h3-9H,10-11H2,1-2H3,(H,20,24)(H2,21,22,25,26). The minimum absolute atomic E-state index is 0.0587. The molecule has 2 aromatic carbocycles. The molecule has 0 unspecified atom stereocenters. The second-order valence-electron chi connectivity index (χ2n) is 6.24. The zero-order chi connectivity index (χ0) is 18.7. The number of fused-ring (bicyclic) bond motifs is 1. The Morgan fingerprint density at radius 1 is 1.15 bits per heavy atom. The molecular weight excluding hydrogens is 332 g/mol. The van der Waals surface area contributed by atoms with Gasteiger partial charge in [-0.15, -0.1) is 0 Å². The van der Waals surface area contributed by atoms with Gasteiger partial charge in [0.05, 0.1) is 24.5 Å². The molecule has 0 aliphatic carbocycles. The third-order valence-corrected chi connectivity index (χ3v) is 4.07. The highest BCUT2D eigenvalue weighted by Crippen LogP contribution is 2.28. The van der Waals surface area contributed by atoms with Crippen molar-refractivity contribution in [2.45, 2.75) is 13.8 Å². The minimum atomic E-state index is -0.600. The Bertz CT molecular complexity index is 879. The zero-order valence-corrected chi connectivity index (χ0v) is 14.6. The highest BCUT2D eigenvalue weighted by molar-refractivity contribution is 6.05. The minimum Gasteiger partial charge on any atom is -0.351 e. The number of rotatable bonds is 3. The average Bonchev–Trinajstić information content (AvgIpc) is 2.57. The second-order valence-corrected chi connectivity index (χ2v) is 6.24. The Morgan fingerprint density at radius 2 is 1.92 bits per heavy atom. The van der Waals surface area contributed by atoms with E-state index < -0.39 is 11.9 Å². The van der Waals surface area contributed by atoms with Crippen LogP contribution in [0.3, 0.4) is 0 Å². The molecule has 7 nitrogen and oxygen atoms in total. The number of hydrogen-bond donors (Lipinski definition) is 3. The maximum Gasteiger partial charge on any atom is 0.325 e. The molecule has 0 radical (unpaired) electrons. The number of hydrogen-bond acceptors (Lipinski definition) is 4. The number of nitrogens with zero attached hydrogens (tertiary/aromatic N) is 1. The first kappa shape index (κ1) is 17.5. The van der Waals surface area contributed by atoms with Gasteiger partial charge in [-0.1, -0.05) is 29.8 Å². The van der Waals surface area contributed by atoms with Gasteiger partial charge >= 0.3 is 6.03 Å². The van der Waals surface area contributed by atoms with Crippen molar-refractivity contribution in [1.29, 1.82) is 0 Å². The van der Waals surface area contributed by atoms with Crippen molar-refractivity contribution in [1.82, 2.24) is 5.32 Å². The van der Waals surface area contributed by atoms with E-state index in [1.165, 1.54) is 0 Å². The SMILES string of the molecule is Cc1ccc(NC(=O)NC(=O)CN2CC(=O)Nc3ccccc32)c(C)c1. The summed E-state index contributed by atoms with van der Waals surface area (Å²) >= 11 is 0. The normalized spacial score (nSPS) is 12.8. The van der Waals surface area contributed by atoms with Gasteiger partial charge in [-0.25, -0.2) is 4.79 Å². The Hall–Kier alpha value is -3.35. The number of para-hydroxylation sites is 2. The number of imide groups is 1. The van der Waals surface area contributed by atoms with Crippen LogP contribution in [-0.2, 0) is 9.59 Å². The van der Waals surface area contributed by atoms with Crippen LogP contribution in [-0.4, -0.2) is 30.9 Å². The van der Waals surface area contributed by atoms with Crippen LogP contribution >= 0.6 is 0 Å². The third-order valence-electron chi connectivity index (χ3n) is 4.07. The van der Waals surface area contributed by atoms with E-state index in [1.54, 1.807) is 23.1 Å². The third kappa shape index (κ3) is 4.00. The predicted molar refractivity (Wildman–Crippen MR) is 100 cm³/mol. The fourth-order valence-corrected chi connectivity index (χ4v) is 2.89. The van der Waals surface area contributed by atoms with Gasteiger partial charge < -0.3 is 15.5 Å². The van der Waals surface area contributed by atoms with Crippen molar-refractivity contribution in [3.63, 3.8) is 0 Å². The topological polar surface area (TPSA) is 90.5 Å². The lowest BCUT2D eigenvalue weighted by atomic mass is 10.1. The van der Waals surface area contributed by atoms with Gasteiger partial charge in [0, 0.05) is 5.69 Å². The summed E-state index contributed by atoms with van der Waals surface area (Å²) < 4.78 is 0. The van der Waals surface area contributed by atoms with Crippen molar-refractivity contribution in [2.75, 3.05) is 28.6 Å². The number of urea groups is 1. The number of anilines is 3. The lowest BCUT2D eigenvalue weighted by Gasteiger charge is -2.30. The first-order valence-corrected chi connectivity index (χ1v) is 8.24. The zero-order valence-electron chi connectivity index (χ0n) is 14.6. The number of benzene rings is 2. The van der Waals surface area contributed by atoms with Gasteiger partial charge in [0.1, 0.15) is 0 Å². The van der Waals surface area contributed by atoms with Crippen molar-refractivity contribution in [3.05, 3.63) is 53.6 Å². The fourth-order valence-electron chi connectivity index (χ4n) is 2.89. The number of aryl methyl sites for hydroxylation is 2. The van der Waals surface area contributed by atoms with Gasteiger partial charge in [0.2, 0.25) is 11.8 Å². The van der Waals surface area contributed by atoms with Gasteiger partial charge in [0.15, 0.2) is 0 Å². The molecule has 0 bridgehead atoms. The summed E-state index contributed by atoms with van der Waals surface area (Å²) in [4.78, 5) is 37.7. The Kier molecular flexibility index (Phi) is 4.88. The summed E-state index contributed by atoms with van der Waals surface area (Å²) in [5, 5.41) is 7.72. The van der Waals surface area contributed by atoms with E-state index in [9.17, 15) is 14.4 Å². The van der Waals surface area contributed by atoms with E-state index in [-0.39, 0.29) is 19.0 Å². The molecular formula is C19H20N4O3. The van der Waals surface area contributed by atoms with Crippen LogP contribution in [0.15, 0.2) is 42.5 Å². The number of amides is 4. The molecule has 0 fully saturated rings. The van der Waals surface area contributed by atoms with E-state index in [4.69, 9.17) is 0 Å². The molecule has 3 rings (SSSR count). The summed E-state index contributed by atoms with van der Waals surface area (Å²) in [7, 11) is 0. The predicted octanol–water partition coefficient (Wildman–Crippen LogP) is 2.41. The Labute approximate surface area is 151 Å². The molecule has 0 atom stereocenters. The molecule has 1 aliphatic heterocycles. The number of carbonyl (C=O) groups is 3. The van der Waals surface area contributed by atoms with E-state index in [1.807, 2.05) is 38.1 Å². The summed E-state index contributed by atoms with van der Waals surface area (Å²) in [6.07, 6.45) is 0. The molecule has 0 saturated carbocycles. The van der Waals surface area contributed by atoms with E-state index >= 15 is 0 Å². The van der Waals surface area contributed by atoms with Crippen LogP contribution in [0, 0.1) is 13.8 Å². The first-order valence-electron chi connectivity index (χ1n) is 8.24. The molecule has 7 heteroatoms. The molecule has 0 spiro atoms. The number of nitrogens with one attached hydrogen (secondary N) is 3. The van der Waals surface area contributed by atoms with Crippen LogP contribution in [0.5, 0.6) is 0 Å². The molecule has 0 saturated heterocycles.